The number of rotatable bonds is 3. The van der Waals surface area contributed by atoms with Gasteiger partial charge in [-0.2, -0.15) is 5.10 Å². The number of imidazole rings is 1. The van der Waals surface area contributed by atoms with Crippen molar-refractivity contribution in [2.24, 2.45) is 0 Å². The third-order valence-electron chi connectivity index (χ3n) is 3.70. The largest absolute Gasteiger partial charge is 0.393 e. The first kappa shape index (κ1) is 14.9. The second kappa shape index (κ2) is 5.04. The Balaban J connectivity index is 2.06. The molecule has 1 fully saturated rings. The molecule has 4 N–H and O–H groups in total. The van der Waals surface area contributed by atoms with E-state index in [0.717, 1.165) is 17.0 Å². The Morgan fingerprint density at radius 1 is 1.45 bits per heavy atom. The zero-order valence-electron chi connectivity index (χ0n) is 11.0. The minimum Gasteiger partial charge on any atom is -0.393 e. The minimum atomic E-state index is -3.28. The van der Waals surface area contributed by atoms with Gasteiger partial charge in [0.05, 0.1) is 18.5 Å². The normalized spacial score (nSPS) is 32.2. The molecule has 1 saturated heterocycles. The topological polar surface area (TPSA) is 119 Å². The van der Waals surface area contributed by atoms with E-state index in [0.29, 0.717) is 0 Å². The lowest BCUT2D eigenvalue weighted by atomic mass is 9.96. The standard InChI is InChI=1S/C11H12F3N5O3/c12-5-6(22-11(2-20,7(5)21)10(13)14)4-1-16-9-8(15)17-3-18-19(4)9/h1,3,5-7,10,20-21H,2H2,(H2,15,17,18). The van der Waals surface area contributed by atoms with Crippen LogP contribution in [0.15, 0.2) is 12.5 Å². The molecule has 3 rings (SSSR count). The average Bonchev–Trinajstić information content (AvgIpc) is 3.02. The van der Waals surface area contributed by atoms with E-state index in [2.05, 4.69) is 15.1 Å². The molecular weight excluding hydrogens is 307 g/mol. The van der Waals surface area contributed by atoms with E-state index < -0.39 is 37.0 Å². The van der Waals surface area contributed by atoms with Gasteiger partial charge in [0.15, 0.2) is 23.2 Å². The highest BCUT2D eigenvalue weighted by molar-refractivity contribution is 5.58. The van der Waals surface area contributed by atoms with Gasteiger partial charge in [-0.1, -0.05) is 0 Å². The van der Waals surface area contributed by atoms with Crippen LogP contribution in [0.25, 0.3) is 5.65 Å². The van der Waals surface area contributed by atoms with Gasteiger partial charge < -0.3 is 20.7 Å². The summed E-state index contributed by atoms with van der Waals surface area (Å²) in [6, 6.07) is 0. The third kappa shape index (κ3) is 1.86. The van der Waals surface area contributed by atoms with Crippen LogP contribution >= 0.6 is 0 Å². The van der Waals surface area contributed by atoms with Gasteiger partial charge in [0.25, 0.3) is 6.43 Å². The van der Waals surface area contributed by atoms with Crippen LogP contribution in [0, 0.1) is 0 Å². The molecule has 0 spiro atoms. The summed E-state index contributed by atoms with van der Waals surface area (Å²) in [6.07, 6.45) is -7.04. The maximum atomic E-state index is 14.3. The number of hydrogen-bond donors (Lipinski definition) is 3. The van der Waals surface area contributed by atoms with Crippen LogP contribution in [0.4, 0.5) is 19.0 Å². The lowest BCUT2D eigenvalue weighted by Gasteiger charge is -2.28. The predicted molar refractivity (Wildman–Crippen MR) is 65.7 cm³/mol. The molecule has 1 aliphatic rings. The molecule has 2 aromatic heterocycles. The first-order valence-corrected chi connectivity index (χ1v) is 6.25. The molecule has 2 aromatic rings. The van der Waals surface area contributed by atoms with Crippen molar-refractivity contribution in [3.8, 4) is 0 Å². The van der Waals surface area contributed by atoms with Crippen LogP contribution in [0.5, 0.6) is 0 Å². The Hall–Kier alpha value is -1.98. The highest BCUT2D eigenvalue weighted by Gasteiger charge is 2.61. The molecule has 4 atom stereocenters. The van der Waals surface area contributed by atoms with E-state index >= 15 is 0 Å². The quantitative estimate of drug-likeness (QED) is 0.696. The average molecular weight is 319 g/mol. The number of aliphatic hydroxyl groups excluding tert-OH is 2. The Kier molecular flexibility index (Phi) is 3.42. The van der Waals surface area contributed by atoms with Crippen molar-refractivity contribution in [1.82, 2.24) is 19.6 Å². The van der Waals surface area contributed by atoms with E-state index in [9.17, 15) is 18.3 Å². The van der Waals surface area contributed by atoms with Gasteiger partial charge in [0.2, 0.25) is 0 Å². The van der Waals surface area contributed by atoms with E-state index in [4.69, 9.17) is 15.6 Å². The van der Waals surface area contributed by atoms with Crippen molar-refractivity contribution in [3.63, 3.8) is 0 Å². The number of alkyl halides is 3. The molecular formula is C11H12F3N5O3. The van der Waals surface area contributed by atoms with Crippen molar-refractivity contribution in [3.05, 3.63) is 18.2 Å². The van der Waals surface area contributed by atoms with Crippen molar-refractivity contribution in [1.29, 1.82) is 0 Å². The van der Waals surface area contributed by atoms with E-state index in [-0.39, 0.29) is 17.2 Å². The summed E-state index contributed by atoms with van der Waals surface area (Å²) in [7, 11) is 0. The van der Waals surface area contributed by atoms with Gasteiger partial charge in [-0.15, -0.1) is 0 Å². The summed E-state index contributed by atoms with van der Waals surface area (Å²) in [5.41, 5.74) is 2.95. The zero-order chi connectivity index (χ0) is 16.1. The maximum Gasteiger partial charge on any atom is 0.272 e. The number of anilines is 1. The number of hydrogen-bond acceptors (Lipinski definition) is 7. The number of nitrogen functional groups attached to an aromatic ring is 1. The molecule has 22 heavy (non-hydrogen) atoms. The van der Waals surface area contributed by atoms with Crippen LogP contribution in [-0.4, -0.2) is 60.7 Å². The maximum absolute atomic E-state index is 14.3. The van der Waals surface area contributed by atoms with Crippen molar-refractivity contribution in [2.75, 3.05) is 12.3 Å². The predicted octanol–water partition coefficient (Wildman–Crippen LogP) is -0.527. The Morgan fingerprint density at radius 2 is 2.18 bits per heavy atom. The van der Waals surface area contributed by atoms with Crippen LogP contribution in [0.2, 0.25) is 0 Å². The van der Waals surface area contributed by atoms with Gasteiger partial charge >= 0.3 is 0 Å². The Morgan fingerprint density at radius 3 is 2.77 bits per heavy atom. The second-order valence-electron chi connectivity index (χ2n) is 4.91. The van der Waals surface area contributed by atoms with Gasteiger partial charge in [-0.3, -0.25) is 0 Å². The van der Waals surface area contributed by atoms with Crippen LogP contribution < -0.4 is 5.73 Å². The SMILES string of the molecule is Nc1ncnn2c(C3OC(CO)(C(F)F)C(O)C3F)cnc12. The van der Waals surface area contributed by atoms with Crippen LogP contribution in [0.3, 0.4) is 0 Å². The molecule has 0 aromatic carbocycles. The minimum absolute atomic E-state index is 0.0116. The molecule has 120 valence electrons. The Bertz CT molecular complexity index is 699. The molecule has 0 amide bonds. The first-order chi connectivity index (χ1) is 10.4. The van der Waals surface area contributed by atoms with Gasteiger partial charge in [0.1, 0.15) is 18.5 Å². The van der Waals surface area contributed by atoms with Gasteiger partial charge in [-0.05, 0) is 0 Å². The number of fused-ring (bicyclic) bond motifs is 1. The molecule has 3 heterocycles. The number of aliphatic hydroxyl groups is 2. The van der Waals surface area contributed by atoms with E-state index in [1.165, 1.54) is 0 Å². The molecule has 0 bridgehead atoms. The Labute approximate surface area is 121 Å². The van der Waals surface area contributed by atoms with Crippen molar-refractivity contribution < 1.29 is 28.1 Å². The van der Waals surface area contributed by atoms with Gasteiger partial charge in [-0.25, -0.2) is 27.7 Å². The van der Waals surface area contributed by atoms with Crippen molar-refractivity contribution in [2.45, 2.75) is 30.4 Å². The lowest BCUT2D eigenvalue weighted by Crippen LogP contribution is -2.51. The highest BCUT2D eigenvalue weighted by atomic mass is 19.3. The number of nitrogens with two attached hydrogens (primary N) is 1. The fourth-order valence-electron chi connectivity index (χ4n) is 2.46. The zero-order valence-corrected chi connectivity index (χ0v) is 11.0. The molecule has 4 unspecified atom stereocenters. The summed E-state index contributed by atoms with van der Waals surface area (Å²) in [4.78, 5) is 7.57. The lowest BCUT2D eigenvalue weighted by molar-refractivity contribution is -0.186. The molecule has 0 radical (unpaired) electrons. The van der Waals surface area contributed by atoms with Crippen LogP contribution in [-0.2, 0) is 4.74 Å². The third-order valence-corrected chi connectivity index (χ3v) is 3.70. The number of nitrogens with zero attached hydrogens (tertiary/aromatic N) is 4. The molecule has 0 saturated carbocycles. The first-order valence-electron chi connectivity index (χ1n) is 6.25. The summed E-state index contributed by atoms with van der Waals surface area (Å²) in [5.74, 6) is 0.0116. The van der Waals surface area contributed by atoms with Crippen molar-refractivity contribution >= 4 is 11.5 Å². The molecule has 8 nitrogen and oxygen atoms in total. The summed E-state index contributed by atoms with van der Waals surface area (Å²) in [5, 5.41) is 22.7. The molecule has 1 aliphatic heterocycles. The smallest absolute Gasteiger partial charge is 0.272 e. The number of halogens is 3. The molecule has 0 aliphatic carbocycles. The number of aromatic nitrogens is 4. The van der Waals surface area contributed by atoms with Crippen LogP contribution in [0.1, 0.15) is 11.8 Å². The summed E-state index contributed by atoms with van der Waals surface area (Å²) < 4.78 is 46.6. The summed E-state index contributed by atoms with van der Waals surface area (Å²) in [6.45, 7) is -1.24. The second-order valence-corrected chi connectivity index (χ2v) is 4.91. The fourth-order valence-corrected chi connectivity index (χ4v) is 2.46. The number of ether oxygens (including phenoxy) is 1. The fraction of sp³-hybridized carbons (Fsp3) is 0.545. The van der Waals surface area contributed by atoms with Gasteiger partial charge in [0, 0.05) is 0 Å². The summed E-state index contributed by atoms with van der Waals surface area (Å²) >= 11 is 0. The van der Waals surface area contributed by atoms with E-state index in [1.807, 2.05) is 0 Å². The molecule has 11 heteroatoms. The highest BCUT2D eigenvalue weighted by Crippen LogP contribution is 2.44. The van der Waals surface area contributed by atoms with E-state index in [1.54, 1.807) is 0 Å². The monoisotopic (exact) mass is 319 g/mol.